The van der Waals surface area contributed by atoms with Crippen LogP contribution >= 0.6 is 0 Å². The molecule has 2 bridgehead atoms. The lowest BCUT2D eigenvalue weighted by atomic mass is 9.41. The average molecular weight is 643 g/mol. The summed E-state index contributed by atoms with van der Waals surface area (Å²) in [4.78, 5) is 13.9. The Kier molecular flexibility index (Phi) is 8.77. The Hall–Kier alpha value is -1.23. The molecule has 0 aromatic rings. The van der Waals surface area contributed by atoms with Crippen LogP contribution in [0.4, 0.5) is 0 Å². The number of esters is 1. The largest absolute Gasteiger partial charge is 0.432 e. The van der Waals surface area contributed by atoms with E-state index in [9.17, 15) is 45.6 Å². The zero-order chi connectivity index (χ0) is 32.7. The molecule has 45 heavy (non-hydrogen) atoms. The summed E-state index contributed by atoms with van der Waals surface area (Å²) in [5.74, 6) is -0.348. The van der Waals surface area contributed by atoms with Crippen molar-refractivity contribution in [3.05, 3.63) is 12.2 Å². The third-order valence-corrected chi connectivity index (χ3v) is 12.9. The van der Waals surface area contributed by atoms with Crippen LogP contribution in [0.15, 0.2) is 12.2 Å². The summed E-state index contributed by atoms with van der Waals surface area (Å²) in [6, 6.07) is 0. The van der Waals surface area contributed by atoms with Crippen LogP contribution in [0.3, 0.4) is 0 Å². The summed E-state index contributed by atoms with van der Waals surface area (Å²) >= 11 is 0. The number of hydrogen-bond acceptors (Lipinski definition) is 13. The topological polar surface area (TPSA) is 216 Å². The Balaban J connectivity index is 1.20. The van der Waals surface area contributed by atoms with Crippen molar-refractivity contribution in [1.29, 1.82) is 0 Å². The minimum atomic E-state index is -1.67. The van der Waals surface area contributed by atoms with Gasteiger partial charge in [-0.3, -0.25) is 4.79 Å². The molecule has 6 rings (SSSR count). The predicted octanol–water partition coefficient (Wildman–Crippen LogP) is -0.762. The number of rotatable bonds is 6. The Bertz CT molecular complexity index is 1150. The van der Waals surface area contributed by atoms with E-state index in [2.05, 4.69) is 13.5 Å². The molecular weight excluding hydrogens is 592 g/mol. The van der Waals surface area contributed by atoms with Gasteiger partial charge in [-0.05, 0) is 86.5 Å². The van der Waals surface area contributed by atoms with Crippen LogP contribution in [0.25, 0.3) is 0 Å². The highest BCUT2D eigenvalue weighted by atomic mass is 16.7. The lowest BCUT2D eigenvalue weighted by molar-refractivity contribution is -0.327. The first-order valence-corrected chi connectivity index (χ1v) is 16.3. The number of aliphatic hydroxyl groups excluding tert-OH is 8. The molecule has 0 amide bonds. The summed E-state index contributed by atoms with van der Waals surface area (Å²) in [6.07, 6.45) is -7.82. The second kappa shape index (κ2) is 11.7. The van der Waals surface area contributed by atoms with E-state index in [4.69, 9.17) is 18.9 Å². The summed E-state index contributed by atoms with van der Waals surface area (Å²) in [6.45, 7) is 7.41. The molecule has 4 saturated carbocycles. The van der Waals surface area contributed by atoms with E-state index in [1.54, 1.807) is 0 Å². The van der Waals surface area contributed by atoms with Crippen molar-refractivity contribution in [1.82, 2.24) is 0 Å². The Morgan fingerprint density at radius 3 is 2.00 bits per heavy atom. The Labute approximate surface area is 262 Å². The van der Waals surface area contributed by atoms with Crippen molar-refractivity contribution < 1.29 is 64.6 Å². The average Bonchev–Trinajstić information content (AvgIpc) is 3.20. The van der Waals surface area contributed by atoms with E-state index in [0.717, 1.165) is 37.7 Å². The summed E-state index contributed by atoms with van der Waals surface area (Å²) < 4.78 is 23.4. The van der Waals surface area contributed by atoms with Crippen molar-refractivity contribution in [3.63, 3.8) is 0 Å². The molecule has 4 aliphatic carbocycles. The van der Waals surface area contributed by atoms with Gasteiger partial charge in [-0.25, -0.2) is 0 Å². The summed E-state index contributed by atoms with van der Waals surface area (Å²) in [7, 11) is 0. The van der Waals surface area contributed by atoms with Gasteiger partial charge < -0.3 is 59.8 Å². The fourth-order valence-electron chi connectivity index (χ4n) is 10.5. The molecule has 1 unspecified atom stereocenters. The van der Waals surface area contributed by atoms with Crippen LogP contribution in [0.2, 0.25) is 0 Å². The third kappa shape index (κ3) is 5.04. The van der Waals surface area contributed by atoms with Crippen molar-refractivity contribution >= 4 is 5.97 Å². The Morgan fingerprint density at radius 2 is 1.38 bits per heavy atom. The molecule has 16 atom stereocenters. The number of fused-ring (bicyclic) bond motifs is 3. The smallest absolute Gasteiger partial charge is 0.314 e. The molecule has 0 aromatic heterocycles. The standard InChI is InChI=1S/C32H50O13/c1-15-11-31-9-5-18-29(2,7-4-8-30(18,3)28(41)44-26-24(39)22(37)20(35)16(12-33)42-26)19(31)6-10-32(15,14-31)45-27-25(40)23(38)21(36)17(13-34)43-27/h16-27,33-40H,1,4-14H2,2-3H3/t16-,17-,18+,19?,20-,21-,22+,23+,24-,25-,26+,27+,29-,30-,31-,32+/m1/s1. The second-order valence-electron chi connectivity index (χ2n) is 15.2. The van der Waals surface area contributed by atoms with Gasteiger partial charge in [-0.15, -0.1) is 0 Å². The first-order valence-electron chi connectivity index (χ1n) is 16.3. The van der Waals surface area contributed by atoms with Gasteiger partial charge in [0.25, 0.3) is 0 Å². The summed E-state index contributed by atoms with van der Waals surface area (Å²) in [5, 5.41) is 81.4. The van der Waals surface area contributed by atoms with Crippen molar-refractivity contribution in [2.24, 2.45) is 28.1 Å². The van der Waals surface area contributed by atoms with Gasteiger partial charge in [0.1, 0.15) is 48.8 Å². The molecule has 0 radical (unpaired) electrons. The van der Waals surface area contributed by atoms with Crippen LogP contribution in [-0.4, -0.2) is 127 Å². The highest BCUT2D eigenvalue weighted by Gasteiger charge is 2.69. The van der Waals surface area contributed by atoms with E-state index >= 15 is 0 Å². The predicted molar refractivity (Wildman–Crippen MR) is 154 cm³/mol. The van der Waals surface area contributed by atoms with Crippen LogP contribution in [0, 0.1) is 28.1 Å². The number of ether oxygens (including phenoxy) is 4. The van der Waals surface area contributed by atoms with Crippen LogP contribution in [0.1, 0.15) is 71.6 Å². The monoisotopic (exact) mass is 642 g/mol. The molecular formula is C32H50O13. The van der Waals surface area contributed by atoms with E-state index in [1.807, 2.05) is 6.92 Å². The SMILES string of the molecule is C=C1C[C@@]23CC[C@@H]4[C@](C)(C(=O)O[C@@H]5O[C@H](CO)[C@@H](O)[C@H](O)[C@H]5O)CCC[C@@]4(C)C2CC[C@]1(O[C@@H]1O[C@H](CO)[C@@H](O)[C@H](O)[C@H]1O)C3. The minimum Gasteiger partial charge on any atom is -0.432 e. The van der Waals surface area contributed by atoms with E-state index in [1.165, 1.54) is 0 Å². The molecule has 2 heterocycles. The van der Waals surface area contributed by atoms with Crippen LogP contribution < -0.4 is 0 Å². The van der Waals surface area contributed by atoms with Gasteiger partial charge in [-0.2, -0.15) is 0 Å². The van der Waals surface area contributed by atoms with E-state index in [0.29, 0.717) is 25.7 Å². The molecule has 1 spiro atoms. The minimum absolute atomic E-state index is 0.0421. The van der Waals surface area contributed by atoms with Gasteiger partial charge in [-0.1, -0.05) is 19.9 Å². The van der Waals surface area contributed by atoms with Crippen molar-refractivity contribution in [3.8, 4) is 0 Å². The fourth-order valence-corrected chi connectivity index (χ4v) is 10.5. The lowest BCUT2D eigenvalue weighted by Gasteiger charge is -2.64. The van der Waals surface area contributed by atoms with Crippen molar-refractivity contribution in [2.75, 3.05) is 13.2 Å². The van der Waals surface area contributed by atoms with Gasteiger partial charge in [0.05, 0.1) is 24.2 Å². The summed E-state index contributed by atoms with van der Waals surface area (Å²) in [5.41, 5.74) is -1.20. The molecule has 6 fully saturated rings. The molecule has 13 heteroatoms. The number of carbonyl (C=O) groups excluding carboxylic acids is 1. The first kappa shape index (κ1) is 33.7. The maximum Gasteiger partial charge on any atom is 0.314 e. The van der Waals surface area contributed by atoms with Crippen LogP contribution in [-0.2, 0) is 23.7 Å². The Morgan fingerprint density at radius 1 is 0.800 bits per heavy atom. The fraction of sp³-hybridized carbons (Fsp3) is 0.906. The molecule has 8 N–H and O–H groups in total. The molecule has 2 aliphatic heterocycles. The number of aliphatic hydroxyl groups is 8. The zero-order valence-electron chi connectivity index (χ0n) is 26.0. The van der Waals surface area contributed by atoms with Gasteiger partial charge in [0.2, 0.25) is 6.29 Å². The van der Waals surface area contributed by atoms with Gasteiger partial charge >= 0.3 is 5.97 Å². The molecule has 256 valence electrons. The molecule has 6 aliphatic rings. The maximum atomic E-state index is 13.9. The first-order chi connectivity index (χ1) is 21.2. The number of hydrogen-bond donors (Lipinski definition) is 8. The van der Waals surface area contributed by atoms with Gasteiger partial charge in [0, 0.05) is 0 Å². The highest BCUT2D eigenvalue weighted by Crippen LogP contribution is 2.73. The zero-order valence-corrected chi connectivity index (χ0v) is 26.0. The third-order valence-electron chi connectivity index (χ3n) is 12.9. The highest BCUT2D eigenvalue weighted by molar-refractivity contribution is 5.77. The maximum absolute atomic E-state index is 13.9. The molecule has 0 aromatic carbocycles. The van der Waals surface area contributed by atoms with Crippen molar-refractivity contribution in [2.45, 2.75) is 139 Å². The number of carbonyl (C=O) groups is 1. The van der Waals surface area contributed by atoms with Gasteiger partial charge in [0.15, 0.2) is 6.29 Å². The lowest BCUT2D eigenvalue weighted by Crippen LogP contribution is -2.63. The quantitative estimate of drug-likeness (QED) is 0.102. The second-order valence-corrected chi connectivity index (χ2v) is 15.2. The van der Waals surface area contributed by atoms with Crippen LogP contribution in [0.5, 0.6) is 0 Å². The normalized spacial score (nSPS) is 54.7. The molecule has 13 nitrogen and oxygen atoms in total. The van der Waals surface area contributed by atoms with E-state index in [-0.39, 0.29) is 22.7 Å². The molecule has 2 saturated heterocycles. The van der Waals surface area contributed by atoms with E-state index < -0.39 is 91.6 Å².